The lowest BCUT2D eigenvalue weighted by molar-refractivity contribution is -0.0357. The van der Waals surface area contributed by atoms with E-state index in [1.807, 2.05) is 13.8 Å². The molecule has 0 bridgehead atoms. The molecule has 0 aliphatic carbocycles. The van der Waals surface area contributed by atoms with Crippen molar-refractivity contribution in [2.75, 3.05) is 18.5 Å². The SMILES string of the molecule is CCC1COC(C)CN1C(=O)Nc1ccc(C(=O)O)nc1. The van der Waals surface area contributed by atoms with Crippen molar-refractivity contribution in [2.24, 2.45) is 0 Å². The Labute approximate surface area is 122 Å². The van der Waals surface area contributed by atoms with Gasteiger partial charge in [0.15, 0.2) is 0 Å². The number of carbonyl (C=O) groups is 2. The first-order valence-electron chi connectivity index (χ1n) is 6.89. The molecule has 1 saturated heterocycles. The highest BCUT2D eigenvalue weighted by Gasteiger charge is 2.29. The molecule has 0 aromatic carbocycles. The number of carboxylic acid groups (broad SMARTS) is 1. The zero-order chi connectivity index (χ0) is 15.4. The molecule has 2 rings (SSSR count). The summed E-state index contributed by atoms with van der Waals surface area (Å²) >= 11 is 0. The van der Waals surface area contributed by atoms with E-state index >= 15 is 0 Å². The van der Waals surface area contributed by atoms with E-state index in [0.717, 1.165) is 6.42 Å². The molecule has 1 aromatic heterocycles. The second-order valence-corrected chi connectivity index (χ2v) is 5.03. The summed E-state index contributed by atoms with van der Waals surface area (Å²) in [5.41, 5.74) is 0.415. The molecule has 1 aliphatic heterocycles. The first-order valence-corrected chi connectivity index (χ1v) is 6.89. The van der Waals surface area contributed by atoms with Crippen LogP contribution in [0.1, 0.15) is 30.8 Å². The molecule has 2 amide bonds. The van der Waals surface area contributed by atoms with Crippen molar-refractivity contribution in [3.05, 3.63) is 24.0 Å². The maximum atomic E-state index is 12.3. The maximum Gasteiger partial charge on any atom is 0.354 e. The molecule has 114 valence electrons. The number of aromatic carboxylic acids is 1. The minimum atomic E-state index is -1.10. The number of amides is 2. The minimum Gasteiger partial charge on any atom is -0.477 e. The van der Waals surface area contributed by atoms with Crippen LogP contribution in [0, 0.1) is 0 Å². The van der Waals surface area contributed by atoms with Crippen LogP contribution in [-0.4, -0.2) is 52.3 Å². The third-order valence-corrected chi connectivity index (χ3v) is 3.43. The van der Waals surface area contributed by atoms with E-state index in [0.29, 0.717) is 18.8 Å². The second kappa shape index (κ2) is 6.53. The van der Waals surface area contributed by atoms with Crippen LogP contribution in [0.15, 0.2) is 18.3 Å². The molecule has 7 nitrogen and oxygen atoms in total. The number of hydrogen-bond donors (Lipinski definition) is 2. The lowest BCUT2D eigenvalue weighted by atomic mass is 10.1. The Hall–Kier alpha value is -2.15. The van der Waals surface area contributed by atoms with Gasteiger partial charge in [-0.15, -0.1) is 0 Å². The Morgan fingerprint density at radius 3 is 2.86 bits per heavy atom. The molecule has 2 unspecified atom stereocenters. The number of carboxylic acids is 1. The van der Waals surface area contributed by atoms with Gasteiger partial charge in [0.05, 0.1) is 30.6 Å². The number of urea groups is 1. The Kier molecular flexibility index (Phi) is 4.74. The van der Waals surface area contributed by atoms with Gasteiger partial charge in [0, 0.05) is 6.54 Å². The maximum absolute atomic E-state index is 12.3. The first-order chi connectivity index (χ1) is 10.0. The summed E-state index contributed by atoms with van der Waals surface area (Å²) in [4.78, 5) is 28.6. The molecule has 1 aromatic rings. The van der Waals surface area contributed by atoms with Gasteiger partial charge in [0.2, 0.25) is 0 Å². The highest BCUT2D eigenvalue weighted by molar-refractivity contribution is 5.90. The predicted molar refractivity (Wildman–Crippen MR) is 76.4 cm³/mol. The molecule has 0 saturated carbocycles. The highest BCUT2D eigenvalue weighted by atomic mass is 16.5. The third-order valence-electron chi connectivity index (χ3n) is 3.43. The molecule has 2 heterocycles. The van der Waals surface area contributed by atoms with Crippen molar-refractivity contribution < 1.29 is 19.4 Å². The van der Waals surface area contributed by atoms with Crippen molar-refractivity contribution in [3.8, 4) is 0 Å². The number of nitrogens with one attached hydrogen (secondary N) is 1. The van der Waals surface area contributed by atoms with E-state index in [1.165, 1.54) is 18.3 Å². The molecule has 2 N–H and O–H groups in total. The largest absolute Gasteiger partial charge is 0.477 e. The number of morpholine rings is 1. The Balaban J connectivity index is 2.03. The number of anilines is 1. The summed E-state index contributed by atoms with van der Waals surface area (Å²) in [7, 11) is 0. The van der Waals surface area contributed by atoms with E-state index < -0.39 is 5.97 Å². The minimum absolute atomic E-state index is 0.00561. The van der Waals surface area contributed by atoms with Gasteiger partial charge in [-0.3, -0.25) is 0 Å². The van der Waals surface area contributed by atoms with E-state index in [9.17, 15) is 9.59 Å². The number of ether oxygens (including phenoxy) is 1. The fourth-order valence-electron chi connectivity index (χ4n) is 2.22. The molecule has 0 radical (unpaired) electrons. The van der Waals surface area contributed by atoms with Gasteiger partial charge in [0.1, 0.15) is 5.69 Å². The van der Waals surface area contributed by atoms with Crippen LogP contribution in [-0.2, 0) is 4.74 Å². The average Bonchev–Trinajstić information content (AvgIpc) is 2.47. The van der Waals surface area contributed by atoms with Gasteiger partial charge in [-0.25, -0.2) is 14.6 Å². The number of pyridine rings is 1. The summed E-state index contributed by atoms with van der Waals surface area (Å²) in [6.07, 6.45) is 2.16. The van der Waals surface area contributed by atoms with E-state index in [1.54, 1.807) is 4.90 Å². The van der Waals surface area contributed by atoms with Gasteiger partial charge >= 0.3 is 12.0 Å². The van der Waals surface area contributed by atoms with Crippen LogP contribution >= 0.6 is 0 Å². The van der Waals surface area contributed by atoms with Gasteiger partial charge in [-0.2, -0.15) is 0 Å². The van der Waals surface area contributed by atoms with Crippen LogP contribution in [0.4, 0.5) is 10.5 Å². The van der Waals surface area contributed by atoms with Crippen molar-refractivity contribution >= 4 is 17.7 Å². The fraction of sp³-hybridized carbons (Fsp3) is 0.500. The zero-order valence-corrected chi connectivity index (χ0v) is 12.1. The molecule has 2 atom stereocenters. The topological polar surface area (TPSA) is 91.8 Å². The van der Waals surface area contributed by atoms with Crippen molar-refractivity contribution in [2.45, 2.75) is 32.4 Å². The first kappa shape index (κ1) is 15.2. The molecule has 21 heavy (non-hydrogen) atoms. The molecule has 7 heteroatoms. The van der Waals surface area contributed by atoms with Crippen LogP contribution in [0.3, 0.4) is 0 Å². The number of nitrogens with zero attached hydrogens (tertiary/aromatic N) is 2. The number of carbonyl (C=O) groups excluding carboxylic acids is 1. The normalized spacial score (nSPS) is 21.9. The summed E-state index contributed by atoms with van der Waals surface area (Å²) in [6, 6.07) is 2.71. The van der Waals surface area contributed by atoms with Crippen LogP contribution in [0.5, 0.6) is 0 Å². The third kappa shape index (κ3) is 3.69. The monoisotopic (exact) mass is 293 g/mol. The van der Waals surface area contributed by atoms with Crippen molar-refractivity contribution in [1.29, 1.82) is 0 Å². The molecular weight excluding hydrogens is 274 g/mol. The number of hydrogen-bond acceptors (Lipinski definition) is 4. The zero-order valence-electron chi connectivity index (χ0n) is 12.1. The molecule has 1 aliphatic rings. The lowest BCUT2D eigenvalue weighted by Crippen LogP contribution is -2.52. The number of rotatable bonds is 3. The van der Waals surface area contributed by atoms with Gasteiger partial charge in [-0.05, 0) is 25.5 Å². The summed E-state index contributed by atoms with van der Waals surface area (Å²) in [5.74, 6) is -1.10. The van der Waals surface area contributed by atoms with Crippen LogP contribution in [0.25, 0.3) is 0 Å². The lowest BCUT2D eigenvalue weighted by Gasteiger charge is -2.38. The van der Waals surface area contributed by atoms with Gasteiger partial charge in [0.25, 0.3) is 0 Å². The van der Waals surface area contributed by atoms with Gasteiger partial charge in [-0.1, -0.05) is 6.92 Å². The fourth-order valence-corrected chi connectivity index (χ4v) is 2.22. The van der Waals surface area contributed by atoms with Crippen molar-refractivity contribution in [3.63, 3.8) is 0 Å². The van der Waals surface area contributed by atoms with Crippen LogP contribution < -0.4 is 5.32 Å². The Morgan fingerprint density at radius 2 is 2.29 bits per heavy atom. The van der Waals surface area contributed by atoms with Crippen LogP contribution in [0.2, 0.25) is 0 Å². The molecular formula is C14H19N3O4. The molecule has 0 spiro atoms. The Morgan fingerprint density at radius 1 is 1.52 bits per heavy atom. The van der Waals surface area contributed by atoms with Crippen molar-refractivity contribution in [1.82, 2.24) is 9.88 Å². The average molecular weight is 293 g/mol. The summed E-state index contributed by atoms with van der Waals surface area (Å²) < 4.78 is 5.55. The second-order valence-electron chi connectivity index (χ2n) is 5.03. The molecule has 1 fully saturated rings. The Bertz CT molecular complexity index is 517. The van der Waals surface area contributed by atoms with Gasteiger partial charge < -0.3 is 20.1 Å². The van der Waals surface area contributed by atoms with E-state index in [-0.39, 0.29) is 23.9 Å². The highest BCUT2D eigenvalue weighted by Crippen LogP contribution is 2.16. The smallest absolute Gasteiger partial charge is 0.354 e. The van der Waals surface area contributed by atoms with E-state index in [4.69, 9.17) is 9.84 Å². The predicted octanol–water partition coefficient (Wildman–Crippen LogP) is 1.81. The number of aromatic nitrogens is 1. The summed E-state index contributed by atoms with van der Waals surface area (Å²) in [5, 5.41) is 11.5. The summed E-state index contributed by atoms with van der Waals surface area (Å²) in [6.45, 7) is 5.00. The standard InChI is InChI=1S/C14H19N3O4/c1-3-11-8-21-9(2)7-17(11)14(20)16-10-4-5-12(13(18)19)15-6-10/h4-6,9,11H,3,7-8H2,1-2H3,(H,16,20)(H,18,19). The van der Waals surface area contributed by atoms with E-state index in [2.05, 4.69) is 10.3 Å². The quantitative estimate of drug-likeness (QED) is 0.886.